The topological polar surface area (TPSA) is 47.0 Å². The van der Waals surface area contributed by atoms with E-state index in [0.29, 0.717) is 5.25 Å². The molecule has 1 heterocycles. The van der Waals surface area contributed by atoms with Gasteiger partial charge in [-0.15, -0.1) is 0 Å². The van der Waals surface area contributed by atoms with Crippen LogP contribution in [0, 0.1) is 6.92 Å². The molecule has 0 aromatic carbocycles. The van der Waals surface area contributed by atoms with Crippen molar-refractivity contribution >= 4 is 23.3 Å². The molecule has 1 rings (SSSR count). The fraction of sp³-hybridized carbons (Fsp3) is 0.818. The maximum absolute atomic E-state index is 5.28. The first kappa shape index (κ1) is 14.9. The van der Waals surface area contributed by atoms with Crippen LogP contribution in [-0.2, 0) is 4.74 Å². The average molecular weight is 275 g/mol. The second-order valence-electron chi connectivity index (χ2n) is 3.79. The zero-order valence-electron chi connectivity index (χ0n) is 10.7. The molecule has 0 aliphatic carbocycles. The zero-order chi connectivity index (χ0) is 12.5. The van der Waals surface area contributed by atoms with E-state index in [0.717, 1.165) is 42.9 Å². The minimum atomic E-state index is 0.523. The summed E-state index contributed by atoms with van der Waals surface area (Å²) in [5, 5.41) is 3.95. The van der Waals surface area contributed by atoms with E-state index in [4.69, 9.17) is 4.74 Å². The van der Waals surface area contributed by atoms with Crippen LogP contribution in [0.25, 0.3) is 0 Å². The molecular formula is C11H21N3OS2. The zero-order valence-corrected chi connectivity index (χ0v) is 12.4. The van der Waals surface area contributed by atoms with Crippen molar-refractivity contribution in [3.63, 3.8) is 0 Å². The molecule has 1 atom stereocenters. The summed E-state index contributed by atoms with van der Waals surface area (Å²) in [7, 11) is 0. The largest absolute Gasteiger partial charge is 0.382 e. The first-order valence-electron chi connectivity index (χ1n) is 5.97. The molecule has 0 aliphatic rings. The lowest BCUT2D eigenvalue weighted by atomic mass is 10.4. The lowest BCUT2D eigenvalue weighted by Crippen LogP contribution is -2.24. The van der Waals surface area contributed by atoms with E-state index >= 15 is 0 Å². The van der Waals surface area contributed by atoms with Gasteiger partial charge in [-0.05, 0) is 38.3 Å². The number of ether oxygens (including phenoxy) is 1. The summed E-state index contributed by atoms with van der Waals surface area (Å²) in [5.74, 6) is 0.870. The number of hydrogen-bond acceptors (Lipinski definition) is 6. The second kappa shape index (κ2) is 8.85. The highest BCUT2D eigenvalue weighted by atomic mass is 32.2. The third-order valence-corrected chi connectivity index (χ3v) is 4.07. The Kier molecular flexibility index (Phi) is 7.75. The van der Waals surface area contributed by atoms with Crippen molar-refractivity contribution in [2.24, 2.45) is 0 Å². The first-order valence-corrected chi connectivity index (χ1v) is 7.63. The molecule has 98 valence electrons. The number of nitrogens with one attached hydrogen (secondary N) is 1. The maximum Gasteiger partial charge on any atom is 0.170 e. The highest BCUT2D eigenvalue weighted by Crippen LogP contribution is 2.24. The SMILES string of the molecule is CCOCCCNCC(C)Sc1nc(C)ns1. The average Bonchev–Trinajstić information content (AvgIpc) is 2.69. The molecule has 6 heteroatoms. The van der Waals surface area contributed by atoms with Gasteiger partial charge < -0.3 is 10.1 Å². The molecule has 0 fully saturated rings. The van der Waals surface area contributed by atoms with Crippen LogP contribution in [0.5, 0.6) is 0 Å². The van der Waals surface area contributed by atoms with Gasteiger partial charge in [-0.3, -0.25) is 0 Å². The van der Waals surface area contributed by atoms with Crippen LogP contribution in [0.4, 0.5) is 0 Å². The molecule has 0 saturated carbocycles. The van der Waals surface area contributed by atoms with Crippen molar-refractivity contribution in [3.05, 3.63) is 5.82 Å². The van der Waals surface area contributed by atoms with Crippen LogP contribution in [0.2, 0.25) is 0 Å². The molecule has 0 radical (unpaired) electrons. The van der Waals surface area contributed by atoms with Gasteiger partial charge in [0.1, 0.15) is 5.82 Å². The molecule has 1 unspecified atom stereocenters. The Balaban J connectivity index is 2.03. The number of thioether (sulfide) groups is 1. The van der Waals surface area contributed by atoms with E-state index in [9.17, 15) is 0 Å². The van der Waals surface area contributed by atoms with Gasteiger partial charge in [-0.25, -0.2) is 4.98 Å². The van der Waals surface area contributed by atoms with Gasteiger partial charge in [-0.2, -0.15) is 4.37 Å². The van der Waals surface area contributed by atoms with Gasteiger partial charge in [0.2, 0.25) is 0 Å². The predicted octanol–water partition coefficient (Wildman–Crippen LogP) is 2.34. The Morgan fingerprint density at radius 2 is 2.35 bits per heavy atom. The van der Waals surface area contributed by atoms with E-state index in [1.54, 1.807) is 11.8 Å². The highest BCUT2D eigenvalue weighted by molar-refractivity contribution is 8.01. The maximum atomic E-state index is 5.28. The van der Waals surface area contributed by atoms with Gasteiger partial charge in [0.05, 0.1) is 0 Å². The summed E-state index contributed by atoms with van der Waals surface area (Å²) in [4.78, 5) is 4.34. The number of rotatable bonds is 9. The summed E-state index contributed by atoms with van der Waals surface area (Å²) in [5.41, 5.74) is 0. The van der Waals surface area contributed by atoms with Gasteiger partial charge in [0.25, 0.3) is 0 Å². The molecule has 4 nitrogen and oxygen atoms in total. The molecule has 1 aromatic rings. The van der Waals surface area contributed by atoms with Crippen molar-refractivity contribution in [2.75, 3.05) is 26.3 Å². The van der Waals surface area contributed by atoms with Crippen LogP contribution < -0.4 is 5.32 Å². The summed E-state index contributed by atoms with van der Waals surface area (Å²) in [6, 6.07) is 0. The van der Waals surface area contributed by atoms with Gasteiger partial charge >= 0.3 is 0 Å². The Hall–Kier alpha value is -0.170. The normalized spacial score (nSPS) is 12.9. The molecule has 17 heavy (non-hydrogen) atoms. The van der Waals surface area contributed by atoms with E-state index in [1.807, 2.05) is 13.8 Å². The Morgan fingerprint density at radius 3 is 3.00 bits per heavy atom. The molecule has 0 spiro atoms. The molecule has 1 aromatic heterocycles. The highest BCUT2D eigenvalue weighted by Gasteiger charge is 2.07. The minimum absolute atomic E-state index is 0.523. The third-order valence-electron chi connectivity index (χ3n) is 2.09. The number of hydrogen-bond donors (Lipinski definition) is 1. The molecule has 0 saturated heterocycles. The Morgan fingerprint density at radius 1 is 1.53 bits per heavy atom. The van der Waals surface area contributed by atoms with Crippen molar-refractivity contribution in [2.45, 2.75) is 36.8 Å². The Bertz CT molecular complexity index is 307. The molecule has 1 N–H and O–H groups in total. The molecule has 0 aliphatic heterocycles. The van der Waals surface area contributed by atoms with Gasteiger partial charge in [0.15, 0.2) is 4.34 Å². The van der Waals surface area contributed by atoms with Crippen molar-refractivity contribution in [1.82, 2.24) is 14.7 Å². The monoisotopic (exact) mass is 275 g/mol. The summed E-state index contributed by atoms with van der Waals surface area (Å²) < 4.78 is 10.5. The van der Waals surface area contributed by atoms with Crippen molar-refractivity contribution in [3.8, 4) is 0 Å². The van der Waals surface area contributed by atoms with E-state index in [2.05, 4.69) is 21.6 Å². The molecular weight excluding hydrogens is 254 g/mol. The summed E-state index contributed by atoms with van der Waals surface area (Å²) >= 11 is 3.27. The van der Waals surface area contributed by atoms with Crippen molar-refractivity contribution in [1.29, 1.82) is 0 Å². The lowest BCUT2D eigenvalue weighted by Gasteiger charge is -2.10. The minimum Gasteiger partial charge on any atom is -0.382 e. The van der Waals surface area contributed by atoms with E-state index in [-0.39, 0.29) is 0 Å². The Labute approximate surface area is 112 Å². The second-order valence-corrected chi connectivity index (χ2v) is 6.23. The number of nitrogens with zero attached hydrogens (tertiary/aromatic N) is 2. The third kappa shape index (κ3) is 6.98. The fourth-order valence-electron chi connectivity index (χ4n) is 1.29. The predicted molar refractivity (Wildman–Crippen MR) is 73.9 cm³/mol. The van der Waals surface area contributed by atoms with Crippen LogP contribution in [0.1, 0.15) is 26.1 Å². The van der Waals surface area contributed by atoms with E-state index < -0.39 is 0 Å². The standard InChI is InChI=1S/C11H21N3OS2/c1-4-15-7-5-6-12-8-9(2)16-11-13-10(3)14-17-11/h9,12H,4-8H2,1-3H3. The van der Waals surface area contributed by atoms with Crippen LogP contribution >= 0.6 is 23.3 Å². The van der Waals surface area contributed by atoms with Crippen molar-refractivity contribution < 1.29 is 4.74 Å². The number of aromatic nitrogens is 2. The first-order chi connectivity index (χ1) is 8.22. The van der Waals surface area contributed by atoms with Crippen LogP contribution in [0.15, 0.2) is 4.34 Å². The molecule has 0 bridgehead atoms. The van der Waals surface area contributed by atoms with Gasteiger partial charge in [-0.1, -0.05) is 18.7 Å². The summed E-state index contributed by atoms with van der Waals surface area (Å²) in [6.07, 6.45) is 1.07. The van der Waals surface area contributed by atoms with Crippen LogP contribution in [-0.4, -0.2) is 40.9 Å². The molecule has 0 amide bonds. The fourth-order valence-corrected chi connectivity index (χ4v) is 3.22. The van der Waals surface area contributed by atoms with Gasteiger partial charge in [0, 0.05) is 25.0 Å². The summed E-state index contributed by atoms with van der Waals surface area (Å²) in [6.45, 7) is 9.82. The lowest BCUT2D eigenvalue weighted by molar-refractivity contribution is 0.145. The quantitative estimate of drug-likeness (QED) is 0.554. The number of aryl methyl sites for hydroxylation is 1. The smallest absolute Gasteiger partial charge is 0.170 e. The van der Waals surface area contributed by atoms with Crippen LogP contribution in [0.3, 0.4) is 0 Å². The van der Waals surface area contributed by atoms with E-state index in [1.165, 1.54) is 11.5 Å².